The molecule has 1 aromatic heterocycles. The second-order valence-corrected chi connectivity index (χ2v) is 8.62. The zero-order chi connectivity index (χ0) is 21.7. The van der Waals surface area contributed by atoms with Crippen LogP contribution in [-0.2, 0) is 10.2 Å². The van der Waals surface area contributed by atoms with Crippen LogP contribution in [0.2, 0.25) is 5.02 Å². The predicted molar refractivity (Wildman–Crippen MR) is 138 cm³/mol. The third-order valence-electron chi connectivity index (χ3n) is 6.29. The van der Waals surface area contributed by atoms with Crippen LogP contribution < -0.4 is 15.5 Å². The Morgan fingerprint density at radius 1 is 1.28 bits per heavy atom. The molecule has 2 aliphatic rings. The molecule has 0 aliphatic carbocycles. The largest absolute Gasteiger partial charge is 0.381 e. The SMILES string of the molecule is CN=C(NCC1(c2ccc(F)cc2)CCOCC1)NC1CCN(c2ncccc2Cl)C1.I. The number of aliphatic imine (C=N–C) groups is 1. The van der Waals surface area contributed by atoms with Gasteiger partial charge >= 0.3 is 0 Å². The summed E-state index contributed by atoms with van der Waals surface area (Å²) < 4.78 is 19.1. The molecule has 32 heavy (non-hydrogen) atoms. The molecule has 0 saturated carbocycles. The minimum atomic E-state index is -0.213. The molecule has 0 spiro atoms. The monoisotopic (exact) mass is 573 g/mol. The van der Waals surface area contributed by atoms with Crippen LogP contribution in [0.25, 0.3) is 0 Å². The first kappa shape index (κ1) is 25.0. The summed E-state index contributed by atoms with van der Waals surface area (Å²) in [4.78, 5) is 11.1. The lowest BCUT2D eigenvalue weighted by atomic mass is 9.74. The summed E-state index contributed by atoms with van der Waals surface area (Å²) in [6.45, 7) is 3.82. The topological polar surface area (TPSA) is 61.8 Å². The molecule has 2 aliphatic heterocycles. The lowest BCUT2D eigenvalue weighted by Crippen LogP contribution is -2.50. The molecule has 1 unspecified atom stereocenters. The van der Waals surface area contributed by atoms with Gasteiger partial charge < -0.3 is 20.3 Å². The third kappa shape index (κ3) is 5.82. The van der Waals surface area contributed by atoms with Crippen molar-refractivity contribution in [2.45, 2.75) is 30.7 Å². The molecule has 0 radical (unpaired) electrons. The van der Waals surface area contributed by atoms with Crippen LogP contribution in [0.5, 0.6) is 0 Å². The molecule has 6 nitrogen and oxygen atoms in total. The number of hydrogen-bond donors (Lipinski definition) is 2. The number of hydrogen-bond acceptors (Lipinski definition) is 4. The molecule has 4 rings (SSSR count). The molecule has 0 bridgehead atoms. The van der Waals surface area contributed by atoms with Gasteiger partial charge in [0.25, 0.3) is 0 Å². The lowest BCUT2D eigenvalue weighted by Gasteiger charge is -2.38. The number of nitrogens with one attached hydrogen (secondary N) is 2. The molecule has 2 saturated heterocycles. The number of nitrogens with zero attached hydrogens (tertiary/aromatic N) is 3. The van der Waals surface area contributed by atoms with Gasteiger partial charge in [0, 0.05) is 57.5 Å². The van der Waals surface area contributed by atoms with Crippen LogP contribution >= 0.6 is 35.6 Å². The Bertz CT molecular complexity index is 908. The predicted octanol–water partition coefficient (Wildman–Crippen LogP) is 3.98. The maximum Gasteiger partial charge on any atom is 0.191 e. The minimum Gasteiger partial charge on any atom is -0.381 e. The maximum atomic E-state index is 13.5. The van der Waals surface area contributed by atoms with Crippen molar-refractivity contribution in [2.75, 3.05) is 44.8 Å². The fourth-order valence-electron chi connectivity index (χ4n) is 4.45. The highest BCUT2D eigenvalue weighted by Crippen LogP contribution is 2.34. The second kappa shape index (κ2) is 11.5. The zero-order valence-electron chi connectivity index (χ0n) is 18.2. The first-order chi connectivity index (χ1) is 15.1. The van der Waals surface area contributed by atoms with Crippen molar-refractivity contribution < 1.29 is 9.13 Å². The van der Waals surface area contributed by atoms with E-state index in [0.29, 0.717) is 24.8 Å². The molecule has 0 amide bonds. The van der Waals surface area contributed by atoms with Gasteiger partial charge in [-0.1, -0.05) is 23.7 Å². The van der Waals surface area contributed by atoms with Crippen molar-refractivity contribution in [2.24, 2.45) is 4.99 Å². The summed E-state index contributed by atoms with van der Waals surface area (Å²) in [5.74, 6) is 1.39. The molecule has 174 valence electrons. The number of ether oxygens (including phenoxy) is 1. The molecular formula is C23H30ClFIN5O. The summed E-state index contributed by atoms with van der Waals surface area (Å²) in [5.41, 5.74) is 1.03. The molecule has 2 N–H and O–H groups in total. The molecule has 3 heterocycles. The quantitative estimate of drug-likeness (QED) is 0.322. The number of anilines is 1. The van der Waals surface area contributed by atoms with E-state index in [2.05, 4.69) is 25.5 Å². The number of guanidine groups is 1. The van der Waals surface area contributed by atoms with E-state index in [1.807, 2.05) is 24.3 Å². The van der Waals surface area contributed by atoms with Crippen LogP contribution in [-0.4, -0.2) is 56.9 Å². The molecular weight excluding hydrogens is 544 g/mol. The summed E-state index contributed by atoms with van der Waals surface area (Å²) in [5, 5.41) is 7.73. The smallest absolute Gasteiger partial charge is 0.191 e. The van der Waals surface area contributed by atoms with E-state index in [4.69, 9.17) is 16.3 Å². The Labute approximate surface area is 211 Å². The number of halogens is 3. The summed E-state index contributed by atoms with van der Waals surface area (Å²) >= 11 is 6.31. The van der Waals surface area contributed by atoms with Gasteiger partial charge in [0.2, 0.25) is 0 Å². The molecule has 2 fully saturated rings. The van der Waals surface area contributed by atoms with Gasteiger partial charge in [0.1, 0.15) is 11.6 Å². The van der Waals surface area contributed by atoms with Gasteiger partial charge in [-0.3, -0.25) is 4.99 Å². The van der Waals surface area contributed by atoms with Gasteiger partial charge in [-0.15, -0.1) is 24.0 Å². The highest BCUT2D eigenvalue weighted by Gasteiger charge is 2.35. The molecule has 1 atom stereocenters. The lowest BCUT2D eigenvalue weighted by molar-refractivity contribution is 0.0513. The molecule has 1 aromatic carbocycles. The highest BCUT2D eigenvalue weighted by molar-refractivity contribution is 14.0. The second-order valence-electron chi connectivity index (χ2n) is 8.21. The van der Waals surface area contributed by atoms with Crippen LogP contribution in [0.15, 0.2) is 47.6 Å². The average Bonchev–Trinajstić information content (AvgIpc) is 3.26. The third-order valence-corrected chi connectivity index (χ3v) is 6.59. The van der Waals surface area contributed by atoms with Crippen molar-refractivity contribution in [1.29, 1.82) is 0 Å². The summed E-state index contributed by atoms with van der Waals surface area (Å²) in [7, 11) is 1.78. The Hall–Kier alpha value is -1.65. The Morgan fingerprint density at radius 2 is 2.03 bits per heavy atom. The standard InChI is InChI=1S/C23H29ClFN5O.HI/c1-26-22(29-19-8-12-30(15-19)21-20(24)3-2-11-27-21)28-16-23(9-13-31-14-10-23)17-4-6-18(25)7-5-17;/h2-7,11,19H,8-10,12-16H2,1H3,(H2,26,28,29);1H. The molecule has 9 heteroatoms. The van der Waals surface area contributed by atoms with Gasteiger partial charge in [-0.25, -0.2) is 9.37 Å². The van der Waals surface area contributed by atoms with Crippen molar-refractivity contribution in [3.8, 4) is 0 Å². The molecule has 2 aromatic rings. The first-order valence-electron chi connectivity index (χ1n) is 10.8. The van der Waals surface area contributed by atoms with Crippen LogP contribution in [0.1, 0.15) is 24.8 Å². The Morgan fingerprint density at radius 3 is 2.72 bits per heavy atom. The number of pyridine rings is 1. The van der Waals surface area contributed by atoms with Crippen LogP contribution in [0, 0.1) is 5.82 Å². The minimum absolute atomic E-state index is 0. The van der Waals surface area contributed by atoms with Crippen molar-refractivity contribution in [1.82, 2.24) is 15.6 Å². The van der Waals surface area contributed by atoms with E-state index in [1.165, 1.54) is 12.1 Å². The van der Waals surface area contributed by atoms with Gasteiger partial charge in [-0.2, -0.15) is 0 Å². The number of benzene rings is 1. The first-order valence-corrected chi connectivity index (χ1v) is 11.1. The van der Waals surface area contributed by atoms with Crippen LogP contribution in [0.4, 0.5) is 10.2 Å². The van der Waals surface area contributed by atoms with Gasteiger partial charge in [-0.05, 0) is 49.1 Å². The van der Waals surface area contributed by atoms with Crippen molar-refractivity contribution in [3.63, 3.8) is 0 Å². The van der Waals surface area contributed by atoms with Gasteiger partial charge in [0.05, 0.1) is 5.02 Å². The fraction of sp³-hybridized carbons (Fsp3) is 0.478. The normalized spacial score (nSPS) is 20.5. The van der Waals surface area contributed by atoms with E-state index >= 15 is 0 Å². The summed E-state index contributed by atoms with van der Waals surface area (Å²) in [6, 6.07) is 10.8. The maximum absolute atomic E-state index is 13.5. The zero-order valence-corrected chi connectivity index (χ0v) is 21.3. The summed E-state index contributed by atoms with van der Waals surface area (Å²) in [6.07, 6.45) is 4.52. The fourth-order valence-corrected chi connectivity index (χ4v) is 4.70. The van der Waals surface area contributed by atoms with E-state index < -0.39 is 0 Å². The van der Waals surface area contributed by atoms with E-state index in [-0.39, 0.29) is 41.3 Å². The average molecular weight is 574 g/mol. The van der Waals surface area contributed by atoms with Crippen LogP contribution in [0.3, 0.4) is 0 Å². The highest BCUT2D eigenvalue weighted by atomic mass is 127. The van der Waals surface area contributed by atoms with E-state index in [0.717, 1.165) is 49.7 Å². The number of rotatable bonds is 5. The van der Waals surface area contributed by atoms with Crippen molar-refractivity contribution >= 4 is 47.4 Å². The Kier molecular flexibility index (Phi) is 8.95. The van der Waals surface area contributed by atoms with E-state index in [1.54, 1.807) is 13.2 Å². The van der Waals surface area contributed by atoms with Gasteiger partial charge in [0.15, 0.2) is 5.96 Å². The van der Waals surface area contributed by atoms with E-state index in [9.17, 15) is 4.39 Å². The van der Waals surface area contributed by atoms with Crippen molar-refractivity contribution in [3.05, 3.63) is 59.0 Å². The number of aromatic nitrogens is 1. The Balaban J connectivity index is 0.00000289.